The van der Waals surface area contributed by atoms with Crippen molar-refractivity contribution in [3.05, 3.63) is 35.6 Å². The summed E-state index contributed by atoms with van der Waals surface area (Å²) in [5, 5.41) is 0. The molecule has 0 aromatic heterocycles. The summed E-state index contributed by atoms with van der Waals surface area (Å²) in [6.45, 7) is 1.66. The summed E-state index contributed by atoms with van der Waals surface area (Å²) in [5.41, 5.74) is 0.600. The van der Waals surface area contributed by atoms with Gasteiger partial charge < -0.3 is 9.47 Å². The molecule has 0 radical (unpaired) electrons. The maximum absolute atomic E-state index is 13.0. The lowest BCUT2D eigenvalue weighted by atomic mass is 10.2. The molecule has 1 aliphatic rings. The Labute approximate surface area is 76.3 Å². The Balaban J connectivity index is 1.82. The van der Waals surface area contributed by atoms with Crippen LogP contribution in [0.2, 0.25) is 0 Å². The molecule has 2 nitrogen and oxygen atoms in total. The van der Waals surface area contributed by atoms with Crippen molar-refractivity contribution >= 4 is 0 Å². The van der Waals surface area contributed by atoms with Crippen molar-refractivity contribution in [2.45, 2.75) is 12.7 Å². The van der Waals surface area contributed by atoms with Gasteiger partial charge in [-0.05, 0) is 6.07 Å². The Hall–Kier alpha value is -0.930. The van der Waals surface area contributed by atoms with Gasteiger partial charge in [0.1, 0.15) is 11.9 Å². The lowest BCUT2D eigenvalue weighted by Gasteiger charge is -2.02. The summed E-state index contributed by atoms with van der Waals surface area (Å²) in [5.74, 6) is -0.209. The summed E-state index contributed by atoms with van der Waals surface area (Å²) >= 11 is 0. The van der Waals surface area contributed by atoms with E-state index in [1.165, 1.54) is 6.07 Å². The van der Waals surface area contributed by atoms with Crippen molar-refractivity contribution in [2.75, 3.05) is 13.2 Å². The summed E-state index contributed by atoms with van der Waals surface area (Å²) in [7, 11) is 0. The van der Waals surface area contributed by atoms with Gasteiger partial charge in [-0.25, -0.2) is 4.39 Å². The number of epoxide rings is 1. The molecule has 1 fully saturated rings. The molecule has 1 aromatic carbocycles. The Morgan fingerprint density at radius 1 is 1.46 bits per heavy atom. The van der Waals surface area contributed by atoms with Crippen LogP contribution >= 0.6 is 0 Å². The van der Waals surface area contributed by atoms with Gasteiger partial charge in [-0.2, -0.15) is 0 Å². The summed E-state index contributed by atoms with van der Waals surface area (Å²) in [6, 6.07) is 6.63. The minimum absolute atomic E-state index is 0.209. The molecule has 1 atom stereocenters. The average Bonchev–Trinajstić information content (AvgIpc) is 2.92. The molecule has 0 bridgehead atoms. The van der Waals surface area contributed by atoms with Gasteiger partial charge >= 0.3 is 0 Å². The first-order chi connectivity index (χ1) is 6.36. The van der Waals surface area contributed by atoms with Crippen molar-refractivity contribution in [2.24, 2.45) is 0 Å². The van der Waals surface area contributed by atoms with Gasteiger partial charge in [0, 0.05) is 5.56 Å². The van der Waals surface area contributed by atoms with Gasteiger partial charge in [0.25, 0.3) is 0 Å². The van der Waals surface area contributed by atoms with E-state index in [0.717, 1.165) is 6.61 Å². The molecule has 0 saturated carbocycles. The van der Waals surface area contributed by atoms with Crippen LogP contribution in [0.1, 0.15) is 5.56 Å². The molecule has 1 aromatic rings. The lowest BCUT2D eigenvalue weighted by molar-refractivity contribution is 0.102. The van der Waals surface area contributed by atoms with Crippen LogP contribution in [0.4, 0.5) is 4.39 Å². The van der Waals surface area contributed by atoms with Crippen LogP contribution in [0.25, 0.3) is 0 Å². The molecule has 0 aliphatic carbocycles. The topological polar surface area (TPSA) is 21.8 Å². The smallest absolute Gasteiger partial charge is 0.128 e. The van der Waals surface area contributed by atoms with Crippen LogP contribution < -0.4 is 0 Å². The van der Waals surface area contributed by atoms with E-state index in [1.807, 2.05) is 0 Å². The van der Waals surface area contributed by atoms with Gasteiger partial charge in [-0.1, -0.05) is 18.2 Å². The molecular weight excluding hydrogens is 171 g/mol. The number of rotatable bonds is 4. The van der Waals surface area contributed by atoms with E-state index in [4.69, 9.17) is 9.47 Å². The van der Waals surface area contributed by atoms with E-state index < -0.39 is 0 Å². The highest BCUT2D eigenvalue weighted by Crippen LogP contribution is 2.12. The van der Waals surface area contributed by atoms with Crippen LogP contribution in [-0.2, 0) is 16.1 Å². The average molecular weight is 182 g/mol. The summed E-state index contributed by atoms with van der Waals surface area (Å²) in [4.78, 5) is 0. The highest BCUT2D eigenvalue weighted by atomic mass is 19.1. The molecular formula is C10H11FO2. The zero-order valence-electron chi connectivity index (χ0n) is 7.20. The molecule has 2 rings (SSSR count). The summed E-state index contributed by atoms with van der Waals surface area (Å²) < 4.78 is 23.2. The van der Waals surface area contributed by atoms with Crippen LogP contribution in [0.15, 0.2) is 24.3 Å². The van der Waals surface area contributed by atoms with Gasteiger partial charge in [-0.15, -0.1) is 0 Å². The van der Waals surface area contributed by atoms with Crippen molar-refractivity contribution in [1.29, 1.82) is 0 Å². The molecule has 0 spiro atoms. The molecule has 3 heteroatoms. The molecule has 1 aliphatic heterocycles. The van der Waals surface area contributed by atoms with E-state index >= 15 is 0 Å². The van der Waals surface area contributed by atoms with E-state index in [9.17, 15) is 4.39 Å². The number of hydrogen-bond donors (Lipinski definition) is 0. The second kappa shape index (κ2) is 3.85. The van der Waals surface area contributed by atoms with E-state index in [0.29, 0.717) is 18.8 Å². The molecule has 70 valence electrons. The number of hydrogen-bond acceptors (Lipinski definition) is 2. The Morgan fingerprint density at radius 2 is 2.23 bits per heavy atom. The zero-order valence-corrected chi connectivity index (χ0v) is 7.20. The predicted octanol–water partition coefficient (Wildman–Crippen LogP) is 1.74. The van der Waals surface area contributed by atoms with Crippen LogP contribution in [0, 0.1) is 5.82 Å². The zero-order chi connectivity index (χ0) is 9.10. The predicted molar refractivity (Wildman–Crippen MR) is 45.8 cm³/mol. The van der Waals surface area contributed by atoms with Crippen LogP contribution in [0.5, 0.6) is 0 Å². The minimum atomic E-state index is -0.209. The molecule has 13 heavy (non-hydrogen) atoms. The van der Waals surface area contributed by atoms with Gasteiger partial charge in [0.2, 0.25) is 0 Å². The second-order valence-electron chi connectivity index (χ2n) is 3.06. The maximum atomic E-state index is 13.0. The first-order valence-corrected chi connectivity index (χ1v) is 4.29. The van der Waals surface area contributed by atoms with Gasteiger partial charge in [-0.3, -0.25) is 0 Å². The minimum Gasteiger partial charge on any atom is -0.374 e. The fourth-order valence-electron chi connectivity index (χ4n) is 1.08. The highest BCUT2D eigenvalue weighted by Gasteiger charge is 2.22. The van der Waals surface area contributed by atoms with Crippen molar-refractivity contribution in [1.82, 2.24) is 0 Å². The fourth-order valence-corrected chi connectivity index (χ4v) is 1.08. The normalized spacial score (nSPS) is 20.2. The number of halogens is 1. The third-order valence-electron chi connectivity index (χ3n) is 1.92. The third-order valence-corrected chi connectivity index (χ3v) is 1.92. The Bertz CT molecular complexity index is 284. The highest BCUT2D eigenvalue weighted by molar-refractivity contribution is 5.16. The molecule has 1 saturated heterocycles. The lowest BCUT2D eigenvalue weighted by Crippen LogP contribution is -2.02. The molecule has 0 N–H and O–H groups in total. The molecule has 0 amide bonds. The van der Waals surface area contributed by atoms with Gasteiger partial charge in [0.05, 0.1) is 19.8 Å². The van der Waals surface area contributed by atoms with Crippen LogP contribution in [0.3, 0.4) is 0 Å². The standard InChI is InChI=1S/C10H11FO2/c11-10-4-2-1-3-8(10)5-12-6-9-7-13-9/h1-4,9H,5-7H2/t9-/m1/s1. The summed E-state index contributed by atoms with van der Waals surface area (Å²) in [6.07, 6.45) is 0.242. The number of ether oxygens (including phenoxy) is 2. The monoisotopic (exact) mass is 182 g/mol. The van der Waals surface area contributed by atoms with Crippen molar-refractivity contribution in [3.63, 3.8) is 0 Å². The van der Waals surface area contributed by atoms with E-state index in [-0.39, 0.29) is 11.9 Å². The largest absolute Gasteiger partial charge is 0.374 e. The quantitative estimate of drug-likeness (QED) is 0.661. The van der Waals surface area contributed by atoms with E-state index in [2.05, 4.69) is 0 Å². The van der Waals surface area contributed by atoms with Crippen molar-refractivity contribution < 1.29 is 13.9 Å². The Morgan fingerprint density at radius 3 is 2.92 bits per heavy atom. The number of benzene rings is 1. The van der Waals surface area contributed by atoms with E-state index in [1.54, 1.807) is 18.2 Å². The second-order valence-corrected chi connectivity index (χ2v) is 3.06. The first kappa shape index (κ1) is 8.66. The Kier molecular flexibility index (Phi) is 2.57. The first-order valence-electron chi connectivity index (χ1n) is 4.29. The van der Waals surface area contributed by atoms with Crippen molar-refractivity contribution in [3.8, 4) is 0 Å². The fraction of sp³-hybridized carbons (Fsp3) is 0.400. The molecule has 1 heterocycles. The third kappa shape index (κ3) is 2.50. The SMILES string of the molecule is Fc1ccccc1COC[C@@H]1CO1. The molecule has 0 unspecified atom stereocenters. The maximum Gasteiger partial charge on any atom is 0.128 e. The van der Waals surface area contributed by atoms with Gasteiger partial charge in [0.15, 0.2) is 0 Å². The van der Waals surface area contributed by atoms with Crippen LogP contribution in [-0.4, -0.2) is 19.3 Å².